The van der Waals surface area contributed by atoms with Gasteiger partial charge in [-0.1, -0.05) is 57.1 Å². The molecule has 2 atom stereocenters. The summed E-state index contributed by atoms with van der Waals surface area (Å²) in [7, 11) is 0. The van der Waals surface area contributed by atoms with Crippen LogP contribution < -0.4 is 0 Å². The van der Waals surface area contributed by atoms with Gasteiger partial charge in [-0.15, -0.1) is 0 Å². The number of likely N-dealkylation sites (tertiary alicyclic amines) is 2. The Morgan fingerprint density at radius 1 is 1.09 bits per heavy atom. The first-order valence-corrected chi connectivity index (χ1v) is 11.9. The van der Waals surface area contributed by atoms with E-state index in [-0.39, 0.29) is 29.4 Å². The Kier molecular flexibility index (Phi) is 6.56. The maximum Gasteiger partial charge on any atom is 0.320 e. The molecule has 1 aromatic carbocycles. The normalized spacial score (nSPS) is 22.9. The van der Waals surface area contributed by atoms with Gasteiger partial charge in [0.25, 0.3) is 0 Å². The summed E-state index contributed by atoms with van der Waals surface area (Å²) in [5.74, 6) is 1.54. The van der Waals surface area contributed by atoms with Crippen molar-refractivity contribution in [3.63, 3.8) is 0 Å². The van der Waals surface area contributed by atoms with Gasteiger partial charge in [-0.25, -0.2) is 4.79 Å². The average Bonchev–Trinajstić information content (AvgIpc) is 3.30. The third-order valence-electron chi connectivity index (χ3n) is 6.78. The lowest BCUT2D eigenvalue weighted by molar-refractivity contribution is 0.0744. The molecule has 2 aliphatic rings. The number of piperidine rings is 2. The lowest BCUT2D eigenvalue weighted by atomic mass is 9.84. The molecular weight excluding hydrogens is 404 g/mol. The molecule has 2 unspecified atom stereocenters. The van der Waals surface area contributed by atoms with Gasteiger partial charge in [0.15, 0.2) is 5.82 Å². The summed E-state index contributed by atoms with van der Waals surface area (Å²) >= 11 is 0. The Bertz CT molecular complexity index is 910. The molecule has 7 nitrogen and oxygen atoms in total. The van der Waals surface area contributed by atoms with Crippen molar-refractivity contribution in [1.82, 2.24) is 19.9 Å². The Morgan fingerprint density at radius 3 is 2.34 bits per heavy atom. The van der Waals surface area contributed by atoms with Gasteiger partial charge in [-0.2, -0.15) is 4.98 Å². The van der Waals surface area contributed by atoms with Crippen LogP contribution >= 0.6 is 0 Å². The molecule has 3 heterocycles. The number of aliphatic hydroxyl groups excluding tert-OH is 1. The van der Waals surface area contributed by atoms with E-state index in [1.165, 1.54) is 11.1 Å². The van der Waals surface area contributed by atoms with Crippen molar-refractivity contribution in [2.75, 3.05) is 26.2 Å². The smallest absolute Gasteiger partial charge is 0.320 e. The number of nitrogens with zero attached hydrogens (tertiary/aromatic N) is 4. The fourth-order valence-electron chi connectivity index (χ4n) is 4.66. The van der Waals surface area contributed by atoms with E-state index in [4.69, 9.17) is 9.51 Å². The number of hydrogen-bond donors (Lipinski definition) is 1. The van der Waals surface area contributed by atoms with Crippen molar-refractivity contribution < 1.29 is 14.4 Å². The van der Waals surface area contributed by atoms with Crippen molar-refractivity contribution in [1.29, 1.82) is 0 Å². The number of rotatable bonds is 3. The number of benzene rings is 1. The summed E-state index contributed by atoms with van der Waals surface area (Å²) in [6, 6.07) is 8.80. The van der Waals surface area contributed by atoms with Crippen molar-refractivity contribution in [3.8, 4) is 0 Å². The summed E-state index contributed by atoms with van der Waals surface area (Å²) < 4.78 is 5.69. The van der Waals surface area contributed by atoms with Gasteiger partial charge in [-0.05, 0) is 36.8 Å². The summed E-state index contributed by atoms with van der Waals surface area (Å²) in [5, 5.41) is 14.1. The van der Waals surface area contributed by atoms with Crippen LogP contribution in [0.25, 0.3) is 0 Å². The number of aromatic nitrogens is 2. The van der Waals surface area contributed by atoms with Gasteiger partial charge in [0.05, 0.1) is 12.0 Å². The third-order valence-corrected chi connectivity index (χ3v) is 6.78. The van der Waals surface area contributed by atoms with Gasteiger partial charge >= 0.3 is 6.03 Å². The number of carbonyl (C=O) groups excluding carboxylic acids is 1. The van der Waals surface area contributed by atoms with Gasteiger partial charge in [-0.3, -0.25) is 0 Å². The van der Waals surface area contributed by atoms with Crippen molar-refractivity contribution >= 4 is 6.03 Å². The Labute approximate surface area is 190 Å². The predicted molar refractivity (Wildman–Crippen MR) is 123 cm³/mol. The van der Waals surface area contributed by atoms with Gasteiger partial charge in [0.2, 0.25) is 5.89 Å². The number of hydrogen-bond acceptors (Lipinski definition) is 5. The molecule has 2 aliphatic heterocycles. The molecule has 4 rings (SSSR count). The van der Waals surface area contributed by atoms with Crippen molar-refractivity contribution in [3.05, 3.63) is 47.1 Å². The summed E-state index contributed by atoms with van der Waals surface area (Å²) in [5.41, 5.74) is 2.37. The minimum Gasteiger partial charge on any atom is -0.393 e. The molecule has 32 heavy (non-hydrogen) atoms. The van der Waals surface area contributed by atoms with Crippen LogP contribution in [-0.4, -0.2) is 63.4 Å². The van der Waals surface area contributed by atoms with Crippen LogP contribution in [0.15, 0.2) is 28.8 Å². The van der Waals surface area contributed by atoms with E-state index in [9.17, 15) is 9.90 Å². The molecule has 174 valence electrons. The highest BCUT2D eigenvalue weighted by atomic mass is 16.5. The molecule has 1 aromatic heterocycles. The van der Waals surface area contributed by atoms with Gasteiger partial charge < -0.3 is 19.4 Å². The second-order valence-electron chi connectivity index (χ2n) is 10.3. The standard InChI is InChI=1S/C25H36N4O3/c1-5-17-6-8-18(9-7-17)19-14-20(22-26-23(27-32-22)25(2,3)4)16-29(15-19)24(31)28-12-10-21(30)11-13-28/h6-9,19-21,30H,5,10-16H2,1-4H3. The number of aryl methyl sites for hydroxylation is 1. The fourth-order valence-corrected chi connectivity index (χ4v) is 4.66. The van der Waals surface area contributed by atoms with Crippen LogP contribution in [0.4, 0.5) is 4.79 Å². The van der Waals surface area contributed by atoms with E-state index >= 15 is 0 Å². The average molecular weight is 441 g/mol. The number of amides is 2. The van der Waals surface area contributed by atoms with Crippen LogP contribution in [0.3, 0.4) is 0 Å². The molecule has 2 aromatic rings. The zero-order valence-electron chi connectivity index (χ0n) is 19.8. The van der Waals surface area contributed by atoms with Crippen molar-refractivity contribution in [2.45, 2.75) is 76.7 Å². The summed E-state index contributed by atoms with van der Waals surface area (Å²) in [6.07, 6.45) is 2.87. The Balaban J connectivity index is 1.58. The largest absolute Gasteiger partial charge is 0.393 e. The Morgan fingerprint density at radius 2 is 1.75 bits per heavy atom. The van der Waals surface area contributed by atoms with E-state index in [1.807, 2.05) is 9.80 Å². The van der Waals surface area contributed by atoms with Crippen LogP contribution in [0.5, 0.6) is 0 Å². The molecular formula is C25H36N4O3. The molecule has 0 bridgehead atoms. The van der Waals surface area contributed by atoms with Crippen LogP contribution in [0.1, 0.15) is 81.6 Å². The highest BCUT2D eigenvalue weighted by molar-refractivity contribution is 5.75. The number of carbonyl (C=O) groups is 1. The van der Waals surface area contributed by atoms with Crippen molar-refractivity contribution in [2.24, 2.45) is 0 Å². The van der Waals surface area contributed by atoms with E-state index in [0.717, 1.165) is 12.8 Å². The zero-order chi connectivity index (χ0) is 22.9. The lowest BCUT2D eigenvalue weighted by Gasteiger charge is -2.40. The van der Waals surface area contributed by atoms with E-state index < -0.39 is 0 Å². The van der Waals surface area contributed by atoms with Crippen LogP contribution in [-0.2, 0) is 11.8 Å². The second-order valence-corrected chi connectivity index (χ2v) is 10.3. The summed E-state index contributed by atoms with van der Waals surface area (Å²) in [6.45, 7) is 10.8. The number of aliphatic hydroxyl groups is 1. The molecule has 2 amide bonds. The molecule has 0 radical (unpaired) electrons. The van der Waals surface area contributed by atoms with E-state index in [2.05, 4.69) is 57.1 Å². The monoisotopic (exact) mass is 440 g/mol. The summed E-state index contributed by atoms with van der Waals surface area (Å²) in [4.78, 5) is 21.9. The van der Waals surface area contributed by atoms with E-state index in [0.29, 0.717) is 50.7 Å². The SMILES string of the molecule is CCc1ccc(C2CC(c3nc(C(C)(C)C)no3)CN(C(=O)N3CCC(O)CC3)C2)cc1. The molecule has 0 aliphatic carbocycles. The van der Waals surface area contributed by atoms with Crippen LogP contribution in [0, 0.1) is 0 Å². The first-order valence-electron chi connectivity index (χ1n) is 11.9. The fraction of sp³-hybridized carbons (Fsp3) is 0.640. The zero-order valence-corrected chi connectivity index (χ0v) is 19.8. The minimum atomic E-state index is -0.299. The van der Waals surface area contributed by atoms with E-state index in [1.54, 1.807) is 0 Å². The van der Waals surface area contributed by atoms with Gasteiger partial charge in [0, 0.05) is 37.5 Å². The quantitative estimate of drug-likeness (QED) is 0.778. The highest BCUT2D eigenvalue weighted by Gasteiger charge is 2.37. The highest BCUT2D eigenvalue weighted by Crippen LogP contribution is 2.36. The first-order chi connectivity index (χ1) is 15.2. The molecule has 0 saturated carbocycles. The number of urea groups is 1. The van der Waals surface area contributed by atoms with Crippen LogP contribution in [0.2, 0.25) is 0 Å². The van der Waals surface area contributed by atoms with Gasteiger partial charge in [0.1, 0.15) is 0 Å². The maximum absolute atomic E-state index is 13.4. The topological polar surface area (TPSA) is 82.7 Å². The third kappa shape index (κ3) is 4.98. The second kappa shape index (κ2) is 9.22. The lowest BCUT2D eigenvalue weighted by Crippen LogP contribution is -2.51. The predicted octanol–water partition coefficient (Wildman–Crippen LogP) is 4.08. The molecule has 7 heteroatoms. The first kappa shape index (κ1) is 22.8. The molecule has 2 fully saturated rings. The molecule has 2 saturated heterocycles. The molecule has 1 N–H and O–H groups in total. The molecule has 0 spiro atoms. The minimum absolute atomic E-state index is 0.00234. The Hall–Kier alpha value is -2.41. The maximum atomic E-state index is 13.4.